The van der Waals surface area contributed by atoms with Gasteiger partial charge in [-0.25, -0.2) is 13.1 Å². The van der Waals surface area contributed by atoms with Gasteiger partial charge in [-0.05, 0) is 11.5 Å². The smallest absolute Gasteiger partial charge is 0.235 e. The molecule has 0 spiro atoms. The molecule has 7 heteroatoms. The second-order valence-electron chi connectivity index (χ2n) is 4.62. The maximum absolute atomic E-state index is 11.6. The average Bonchev–Trinajstić information content (AvgIpc) is 2.43. The summed E-state index contributed by atoms with van der Waals surface area (Å²) in [5.74, 6) is -0.332. The van der Waals surface area contributed by atoms with Crippen LogP contribution in [0, 0.1) is 5.92 Å². The molecule has 1 aromatic rings. The quantitative estimate of drug-likeness (QED) is 0.705. The lowest BCUT2D eigenvalue weighted by Gasteiger charge is -2.10. The standard InChI is InChI=1S/C13H19ClN2O3S/c1-11(7-14)10-20(18,19)16-9-13(17)15-8-12-5-3-2-4-6-12/h2-6,11,16H,7-10H2,1H3,(H,15,17). The summed E-state index contributed by atoms with van der Waals surface area (Å²) in [6.45, 7) is 1.85. The number of amides is 1. The summed E-state index contributed by atoms with van der Waals surface area (Å²) in [5.41, 5.74) is 0.958. The van der Waals surface area contributed by atoms with Crippen LogP contribution in [-0.4, -0.2) is 32.5 Å². The summed E-state index contributed by atoms with van der Waals surface area (Å²) in [5, 5.41) is 2.65. The van der Waals surface area contributed by atoms with Crippen LogP contribution in [0.15, 0.2) is 30.3 Å². The number of hydrogen-bond acceptors (Lipinski definition) is 3. The zero-order valence-electron chi connectivity index (χ0n) is 11.3. The number of carbonyl (C=O) groups excluding carboxylic acids is 1. The van der Waals surface area contributed by atoms with E-state index >= 15 is 0 Å². The van der Waals surface area contributed by atoms with Gasteiger partial charge in [0.2, 0.25) is 15.9 Å². The van der Waals surface area contributed by atoms with Gasteiger partial charge in [0.15, 0.2) is 0 Å². The van der Waals surface area contributed by atoms with Crippen LogP contribution in [0.25, 0.3) is 0 Å². The molecule has 0 heterocycles. The Labute approximate surface area is 124 Å². The molecule has 0 aliphatic carbocycles. The Hall–Kier alpha value is -1.11. The van der Waals surface area contributed by atoms with Crippen LogP contribution in [-0.2, 0) is 21.4 Å². The molecule has 2 N–H and O–H groups in total. The van der Waals surface area contributed by atoms with Gasteiger partial charge >= 0.3 is 0 Å². The molecule has 0 saturated heterocycles. The van der Waals surface area contributed by atoms with E-state index in [9.17, 15) is 13.2 Å². The molecular formula is C13H19ClN2O3S. The minimum Gasteiger partial charge on any atom is -0.351 e. The third-order valence-electron chi connectivity index (χ3n) is 2.55. The number of halogens is 1. The van der Waals surface area contributed by atoms with Crippen molar-refractivity contribution in [2.45, 2.75) is 13.5 Å². The fourth-order valence-corrected chi connectivity index (χ4v) is 3.09. The van der Waals surface area contributed by atoms with E-state index in [4.69, 9.17) is 11.6 Å². The van der Waals surface area contributed by atoms with E-state index in [-0.39, 0.29) is 30.0 Å². The number of rotatable bonds is 8. The number of benzene rings is 1. The lowest BCUT2D eigenvalue weighted by molar-refractivity contribution is -0.120. The second-order valence-corrected chi connectivity index (χ2v) is 6.78. The summed E-state index contributed by atoms with van der Waals surface area (Å²) >= 11 is 5.57. The minimum absolute atomic E-state index is 0.0809. The van der Waals surface area contributed by atoms with Crippen molar-refractivity contribution in [1.82, 2.24) is 10.0 Å². The Balaban J connectivity index is 2.33. The SMILES string of the molecule is CC(CCl)CS(=O)(=O)NCC(=O)NCc1ccccc1. The molecule has 20 heavy (non-hydrogen) atoms. The van der Waals surface area contributed by atoms with E-state index in [1.807, 2.05) is 30.3 Å². The lowest BCUT2D eigenvalue weighted by Crippen LogP contribution is -2.38. The molecule has 0 fully saturated rings. The van der Waals surface area contributed by atoms with Crippen LogP contribution in [0.1, 0.15) is 12.5 Å². The normalized spacial score (nSPS) is 12.9. The molecule has 0 radical (unpaired) electrons. The topological polar surface area (TPSA) is 75.3 Å². The van der Waals surface area contributed by atoms with E-state index in [0.717, 1.165) is 5.56 Å². The Morgan fingerprint density at radius 1 is 1.30 bits per heavy atom. The first-order chi connectivity index (χ1) is 9.43. The molecule has 112 valence electrons. The van der Waals surface area contributed by atoms with Gasteiger partial charge in [0.1, 0.15) is 0 Å². The maximum atomic E-state index is 11.6. The fourth-order valence-electron chi connectivity index (χ4n) is 1.51. The summed E-state index contributed by atoms with van der Waals surface area (Å²) in [6.07, 6.45) is 0. The highest BCUT2D eigenvalue weighted by atomic mass is 35.5. The van der Waals surface area contributed by atoms with E-state index in [0.29, 0.717) is 6.54 Å². The Morgan fingerprint density at radius 3 is 2.55 bits per heavy atom. The summed E-state index contributed by atoms with van der Waals surface area (Å²) < 4.78 is 25.5. The highest BCUT2D eigenvalue weighted by Gasteiger charge is 2.16. The fraction of sp³-hybridized carbons (Fsp3) is 0.462. The number of sulfonamides is 1. The largest absolute Gasteiger partial charge is 0.351 e. The Bertz CT molecular complexity index is 520. The molecule has 0 bridgehead atoms. The van der Waals surface area contributed by atoms with Gasteiger partial charge in [0, 0.05) is 12.4 Å². The first kappa shape index (κ1) is 16.9. The highest BCUT2D eigenvalue weighted by molar-refractivity contribution is 7.89. The van der Waals surface area contributed by atoms with Crippen molar-refractivity contribution in [3.63, 3.8) is 0 Å². The number of carbonyl (C=O) groups is 1. The van der Waals surface area contributed by atoms with Crippen molar-refractivity contribution in [2.24, 2.45) is 5.92 Å². The monoisotopic (exact) mass is 318 g/mol. The van der Waals surface area contributed by atoms with Crippen molar-refractivity contribution in [3.05, 3.63) is 35.9 Å². The molecule has 5 nitrogen and oxygen atoms in total. The number of hydrogen-bond donors (Lipinski definition) is 2. The number of nitrogens with one attached hydrogen (secondary N) is 2. The van der Waals surface area contributed by atoms with Gasteiger partial charge < -0.3 is 5.32 Å². The third-order valence-corrected chi connectivity index (χ3v) is 4.67. The Kier molecular flexibility index (Phi) is 6.98. The summed E-state index contributed by atoms with van der Waals surface area (Å²) in [6, 6.07) is 9.40. The zero-order valence-corrected chi connectivity index (χ0v) is 12.9. The second kappa shape index (κ2) is 8.24. The summed E-state index contributed by atoms with van der Waals surface area (Å²) in [4.78, 5) is 11.6. The third kappa shape index (κ3) is 6.88. The van der Waals surface area contributed by atoms with Gasteiger partial charge in [-0.3, -0.25) is 4.79 Å². The van der Waals surface area contributed by atoms with E-state index in [1.54, 1.807) is 6.92 Å². The first-order valence-electron chi connectivity index (χ1n) is 6.27. The van der Waals surface area contributed by atoms with Crippen LogP contribution < -0.4 is 10.0 Å². The highest BCUT2D eigenvalue weighted by Crippen LogP contribution is 2.01. The molecule has 0 saturated carbocycles. The molecular weight excluding hydrogens is 300 g/mol. The Morgan fingerprint density at radius 2 is 1.95 bits per heavy atom. The first-order valence-corrected chi connectivity index (χ1v) is 8.45. The van der Waals surface area contributed by atoms with E-state index in [2.05, 4.69) is 10.0 Å². The van der Waals surface area contributed by atoms with Crippen molar-refractivity contribution < 1.29 is 13.2 Å². The van der Waals surface area contributed by atoms with Crippen molar-refractivity contribution in [1.29, 1.82) is 0 Å². The van der Waals surface area contributed by atoms with Crippen molar-refractivity contribution in [2.75, 3.05) is 18.2 Å². The molecule has 0 aromatic heterocycles. The van der Waals surface area contributed by atoms with Crippen LogP contribution in [0.2, 0.25) is 0 Å². The van der Waals surface area contributed by atoms with Crippen LogP contribution in [0.3, 0.4) is 0 Å². The average molecular weight is 319 g/mol. The summed E-state index contributed by atoms with van der Waals surface area (Å²) in [7, 11) is -3.47. The van der Waals surface area contributed by atoms with Crippen molar-refractivity contribution in [3.8, 4) is 0 Å². The molecule has 1 atom stereocenters. The van der Waals surface area contributed by atoms with Crippen molar-refractivity contribution >= 4 is 27.5 Å². The van der Waals surface area contributed by atoms with Crippen LogP contribution in [0.5, 0.6) is 0 Å². The zero-order chi connectivity index (χ0) is 15.0. The van der Waals surface area contributed by atoms with Crippen LogP contribution in [0.4, 0.5) is 0 Å². The van der Waals surface area contributed by atoms with E-state index in [1.165, 1.54) is 0 Å². The molecule has 1 amide bonds. The van der Waals surface area contributed by atoms with Gasteiger partial charge in [-0.1, -0.05) is 37.3 Å². The molecule has 1 rings (SSSR count). The molecule has 1 aromatic carbocycles. The predicted octanol–water partition coefficient (Wildman–Crippen LogP) is 1.10. The van der Waals surface area contributed by atoms with E-state index < -0.39 is 10.0 Å². The predicted molar refractivity (Wildman–Crippen MR) is 80.0 cm³/mol. The molecule has 0 aliphatic rings. The molecule has 0 aliphatic heterocycles. The minimum atomic E-state index is -3.47. The van der Waals surface area contributed by atoms with Gasteiger partial charge in [-0.15, -0.1) is 11.6 Å². The lowest BCUT2D eigenvalue weighted by atomic mass is 10.2. The maximum Gasteiger partial charge on any atom is 0.235 e. The van der Waals surface area contributed by atoms with Gasteiger partial charge in [0.25, 0.3) is 0 Å². The number of alkyl halides is 1. The van der Waals surface area contributed by atoms with Gasteiger partial charge in [0.05, 0.1) is 12.3 Å². The molecule has 1 unspecified atom stereocenters. The van der Waals surface area contributed by atoms with Gasteiger partial charge in [-0.2, -0.15) is 0 Å². The van der Waals surface area contributed by atoms with Crippen LogP contribution >= 0.6 is 11.6 Å².